The average molecular weight is 309 g/mol. The molecule has 8 heteroatoms. The first-order valence-corrected chi connectivity index (χ1v) is 9.13. The quantitative estimate of drug-likeness (QED) is 0.791. The van der Waals surface area contributed by atoms with Gasteiger partial charge in [-0.05, 0) is 24.6 Å². The van der Waals surface area contributed by atoms with E-state index >= 15 is 0 Å². The molecular formula is C11H16FNO4S2. The highest BCUT2D eigenvalue weighted by Crippen LogP contribution is 2.19. The molecular weight excluding hydrogens is 293 g/mol. The van der Waals surface area contributed by atoms with Gasteiger partial charge in [-0.1, -0.05) is 6.92 Å². The highest BCUT2D eigenvalue weighted by molar-refractivity contribution is 7.92. The molecule has 0 aliphatic rings. The van der Waals surface area contributed by atoms with Gasteiger partial charge in [0.25, 0.3) is 0 Å². The van der Waals surface area contributed by atoms with Crippen molar-refractivity contribution < 1.29 is 21.2 Å². The van der Waals surface area contributed by atoms with Crippen LogP contribution in [0.1, 0.15) is 13.3 Å². The van der Waals surface area contributed by atoms with E-state index in [4.69, 9.17) is 5.73 Å². The minimum Gasteiger partial charge on any atom is -0.399 e. The average Bonchev–Trinajstić information content (AvgIpc) is 2.27. The molecule has 19 heavy (non-hydrogen) atoms. The van der Waals surface area contributed by atoms with Gasteiger partial charge < -0.3 is 5.73 Å². The van der Waals surface area contributed by atoms with Gasteiger partial charge in [-0.2, -0.15) is 0 Å². The summed E-state index contributed by atoms with van der Waals surface area (Å²) in [6, 6.07) is 3.31. The Morgan fingerprint density at radius 2 is 1.79 bits per heavy atom. The molecule has 0 unspecified atom stereocenters. The molecule has 5 nitrogen and oxygen atoms in total. The first-order chi connectivity index (χ1) is 8.68. The van der Waals surface area contributed by atoms with Crippen molar-refractivity contribution >= 4 is 25.4 Å². The van der Waals surface area contributed by atoms with Gasteiger partial charge >= 0.3 is 0 Å². The van der Waals surface area contributed by atoms with E-state index in [-0.39, 0.29) is 23.6 Å². The van der Waals surface area contributed by atoms with Crippen molar-refractivity contribution in [1.29, 1.82) is 0 Å². The third kappa shape index (κ3) is 4.46. The summed E-state index contributed by atoms with van der Waals surface area (Å²) in [5.41, 5.74) is 5.46. The zero-order chi connectivity index (χ0) is 14.7. The monoisotopic (exact) mass is 309 g/mol. The molecule has 0 radical (unpaired) electrons. The maximum Gasteiger partial charge on any atom is 0.181 e. The Kier molecular flexibility index (Phi) is 4.92. The van der Waals surface area contributed by atoms with Crippen molar-refractivity contribution in [3.8, 4) is 0 Å². The van der Waals surface area contributed by atoms with E-state index in [1.54, 1.807) is 0 Å². The van der Waals surface area contributed by atoms with Crippen LogP contribution in [-0.4, -0.2) is 34.1 Å². The van der Waals surface area contributed by atoms with Crippen molar-refractivity contribution in [3.63, 3.8) is 0 Å². The topological polar surface area (TPSA) is 94.3 Å². The molecule has 2 N–H and O–H groups in total. The maximum absolute atomic E-state index is 13.5. The van der Waals surface area contributed by atoms with Gasteiger partial charge in [0.1, 0.15) is 20.5 Å². The minimum atomic E-state index is -3.83. The second-order valence-electron chi connectivity index (χ2n) is 4.10. The minimum absolute atomic E-state index is 0.0384. The molecule has 0 amide bonds. The van der Waals surface area contributed by atoms with Gasteiger partial charge in [0.15, 0.2) is 9.84 Å². The van der Waals surface area contributed by atoms with Gasteiger partial charge in [0.05, 0.1) is 11.5 Å². The Morgan fingerprint density at radius 3 is 2.32 bits per heavy atom. The van der Waals surface area contributed by atoms with Gasteiger partial charge in [-0.3, -0.25) is 0 Å². The molecule has 0 atom stereocenters. The molecule has 1 aromatic carbocycles. The number of hydrogen-bond acceptors (Lipinski definition) is 5. The second-order valence-corrected chi connectivity index (χ2v) is 8.65. The molecule has 1 aromatic rings. The van der Waals surface area contributed by atoms with Crippen LogP contribution in [0.4, 0.5) is 10.1 Å². The van der Waals surface area contributed by atoms with Crippen LogP contribution in [0.3, 0.4) is 0 Å². The standard InChI is InChI=1S/C11H16FNO4S2/c1-2-18(14,15)6-3-7-19(16,17)11-5-4-9(13)8-10(11)12/h4-5,8H,2-3,6-7,13H2,1H3. The van der Waals surface area contributed by atoms with E-state index in [9.17, 15) is 21.2 Å². The van der Waals surface area contributed by atoms with E-state index < -0.39 is 36.1 Å². The Balaban J connectivity index is 2.82. The van der Waals surface area contributed by atoms with Crippen LogP contribution in [-0.2, 0) is 19.7 Å². The van der Waals surface area contributed by atoms with Gasteiger partial charge in [-0.25, -0.2) is 21.2 Å². The molecule has 0 aromatic heterocycles. The van der Waals surface area contributed by atoms with Crippen molar-refractivity contribution in [2.75, 3.05) is 23.0 Å². The van der Waals surface area contributed by atoms with Crippen LogP contribution in [0.2, 0.25) is 0 Å². The van der Waals surface area contributed by atoms with E-state index in [0.29, 0.717) is 0 Å². The van der Waals surface area contributed by atoms with Crippen LogP contribution in [0.15, 0.2) is 23.1 Å². The predicted molar refractivity (Wildman–Crippen MR) is 71.8 cm³/mol. The molecule has 0 fully saturated rings. The summed E-state index contributed by atoms with van der Waals surface area (Å²) in [7, 11) is -7.05. The van der Waals surface area contributed by atoms with Crippen molar-refractivity contribution in [2.24, 2.45) is 0 Å². The van der Waals surface area contributed by atoms with Gasteiger partial charge in [-0.15, -0.1) is 0 Å². The first-order valence-electron chi connectivity index (χ1n) is 5.66. The summed E-state index contributed by atoms with van der Waals surface area (Å²) in [5, 5.41) is 0. The third-order valence-corrected chi connectivity index (χ3v) is 6.22. The molecule has 0 saturated carbocycles. The summed E-state index contributed by atoms with van der Waals surface area (Å²) in [6.07, 6.45) is -0.0533. The SMILES string of the molecule is CCS(=O)(=O)CCCS(=O)(=O)c1ccc(N)cc1F. The lowest BCUT2D eigenvalue weighted by molar-refractivity contribution is 0.566. The summed E-state index contributed by atoms with van der Waals surface area (Å²) in [6.45, 7) is 1.49. The highest BCUT2D eigenvalue weighted by Gasteiger charge is 2.20. The smallest absolute Gasteiger partial charge is 0.181 e. The van der Waals surface area contributed by atoms with Crippen LogP contribution in [0.25, 0.3) is 0 Å². The number of hydrogen-bond donors (Lipinski definition) is 1. The fourth-order valence-corrected chi connectivity index (χ4v) is 3.92. The van der Waals surface area contributed by atoms with Crippen LogP contribution in [0, 0.1) is 5.82 Å². The van der Waals surface area contributed by atoms with Crippen molar-refractivity contribution in [1.82, 2.24) is 0 Å². The van der Waals surface area contributed by atoms with Crippen LogP contribution in [0.5, 0.6) is 0 Å². The van der Waals surface area contributed by atoms with E-state index in [2.05, 4.69) is 0 Å². The van der Waals surface area contributed by atoms with Gasteiger partial charge in [0.2, 0.25) is 0 Å². The number of benzene rings is 1. The molecule has 0 heterocycles. The molecule has 1 rings (SSSR count). The fourth-order valence-electron chi connectivity index (χ4n) is 1.49. The Bertz CT molecular complexity index is 653. The van der Waals surface area contributed by atoms with Gasteiger partial charge in [0, 0.05) is 11.4 Å². The zero-order valence-corrected chi connectivity index (χ0v) is 12.1. The second kappa shape index (κ2) is 5.87. The molecule has 0 spiro atoms. The number of nitrogens with two attached hydrogens (primary N) is 1. The Morgan fingerprint density at radius 1 is 1.16 bits per heavy atom. The molecule has 108 valence electrons. The lowest BCUT2D eigenvalue weighted by Gasteiger charge is -2.06. The van der Waals surface area contributed by atoms with E-state index in [1.807, 2.05) is 0 Å². The van der Waals surface area contributed by atoms with Crippen molar-refractivity contribution in [2.45, 2.75) is 18.2 Å². The van der Waals surface area contributed by atoms with Crippen molar-refractivity contribution in [3.05, 3.63) is 24.0 Å². The fraction of sp³-hybridized carbons (Fsp3) is 0.455. The number of nitrogen functional groups attached to an aromatic ring is 1. The summed E-state index contributed by atoms with van der Waals surface area (Å²) in [4.78, 5) is -0.449. The number of anilines is 1. The normalized spacial score (nSPS) is 12.5. The molecule has 0 aliphatic heterocycles. The lowest BCUT2D eigenvalue weighted by Crippen LogP contribution is -2.15. The number of sulfone groups is 2. The summed E-state index contributed by atoms with van der Waals surface area (Å²) >= 11 is 0. The third-order valence-electron chi connectivity index (χ3n) is 2.60. The largest absolute Gasteiger partial charge is 0.399 e. The number of rotatable bonds is 6. The Labute approximate surface area is 112 Å². The lowest BCUT2D eigenvalue weighted by atomic mass is 10.3. The van der Waals surface area contributed by atoms with Crippen LogP contribution < -0.4 is 5.73 Å². The number of halogens is 1. The molecule has 0 saturated heterocycles. The summed E-state index contributed by atoms with van der Waals surface area (Å²) in [5.74, 6) is -1.59. The molecule has 0 bridgehead atoms. The van der Waals surface area contributed by atoms with E-state index in [0.717, 1.165) is 12.1 Å². The van der Waals surface area contributed by atoms with E-state index in [1.165, 1.54) is 13.0 Å². The molecule has 0 aliphatic carbocycles. The predicted octanol–water partition coefficient (Wildman–Crippen LogP) is 1.01. The first kappa shape index (κ1) is 15.9. The summed E-state index contributed by atoms with van der Waals surface area (Å²) < 4.78 is 59.7. The Hall–Kier alpha value is -1.15. The maximum atomic E-state index is 13.5. The highest BCUT2D eigenvalue weighted by atomic mass is 32.2. The zero-order valence-electron chi connectivity index (χ0n) is 10.5. The van der Waals surface area contributed by atoms with Crippen LogP contribution >= 0.6 is 0 Å².